The Morgan fingerprint density at radius 3 is 2.37 bits per heavy atom. The van der Waals surface area contributed by atoms with Crippen molar-refractivity contribution < 1.29 is 19.2 Å². The fraction of sp³-hybridized carbons (Fsp3) is 0.458. The van der Waals surface area contributed by atoms with Gasteiger partial charge in [-0.15, -0.1) is 0 Å². The molecule has 1 aliphatic heterocycles. The molecule has 30 heavy (non-hydrogen) atoms. The Morgan fingerprint density at radius 1 is 1.10 bits per heavy atom. The van der Waals surface area contributed by atoms with Crippen molar-refractivity contribution >= 4 is 11.6 Å². The Balaban J connectivity index is 1.63. The van der Waals surface area contributed by atoms with Crippen LogP contribution in [0.5, 0.6) is 5.75 Å². The maximum Gasteiger partial charge on any atom is 0.224 e. The maximum atomic E-state index is 12.6. The largest absolute Gasteiger partial charge is 0.494 e. The summed E-state index contributed by atoms with van der Waals surface area (Å²) in [6.07, 6.45) is 0.372. The Hall–Kier alpha value is -2.57. The van der Waals surface area contributed by atoms with E-state index in [4.69, 9.17) is 9.47 Å². The van der Waals surface area contributed by atoms with Crippen LogP contribution in [0.25, 0.3) is 0 Å². The zero-order chi connectivity index (χ0) is 21.3. The molecule has 1 amide bonds. The SMILES string of the molecule is CCOc1ccc(CC(=O)NC[C@H](c2ccc(N(C)C)cc2)[NH+]2CCOCC2)cc1. The van der Waals surface area contributed by atoms with Crippen LogP contribution >= 0.6 is 0 Å². The molecule has 1 fully saturated rings. The van der Waals surface area contributed by atoms with Crippen molar-refractivity contribution in [2.75, 3.05) is 58.5 Å². The first kappa shape index (κ1) is 22.1. The normalized spacial score (nSPS) is 15.4. The Kier molecular flexibility index (Phi) is 8.11. The van der Waals surface area contributed by atoms with E-state index >= 15 is 0 Å². The molecule has 0 spiro atoms. The van der Waals surface area contributed by atoms with Gasteiger partial charge < -0.3 is 24.6 Å². The van der Waals surface area contributed by atoms with Gasteiger partial charge in [0.25, 0.3) is 0 Å². The number of quaternary nitrogens is 1. The lowest BCUT2D eigenvalue weighted by molar-refractivity contribution is -0.937. The first-order valence-corrected chi connectivity index (χ1v) is 10.7. The minimum atomic E-state index is 0.0433. The molecule has 1 atom stereocenters. The molecule has 6 heteroatoms. The molecule has 6 nitrogen and oxygen atoms in total. The number of carbonyl (C=O) groups excluding carboxylic acids is 1. The summed E-state index contributed by atoms with van der Waals surface area (Å²) in [5, 5.41) is 3.16. The van der Waals surface area contributed by atoms with Gasteiger partial charge in [0.05, 0.1) is 32.8 Å². The van der Waals surface area contributed by atoms with Crippen LogP contribution in [0, 0.1) is 0 Å². The summed E-state index contributed by atoms with van der Waals surface area (Å²) >= 11 is 0. The molecule has 0 radical (unpaired) electrons. The van der Waals surface area contributed by atoms with E-state index in [1.807, 2.05) is 45.3 Å². The smallest absolute Gasteiger partial charge is 0.224 e. The summed E-state index contributed by atoms with van der Waals surface area (Å²) in [7, 11) is 4.09. The Labute approximate surface area is 179 Å². The summed E-state index contributed by atoms with van der Waals surface area (Å²) in [5.41, 5.74) is 3.41. The number of anilines is 1. The van der Waals surface area contributed by atoms with Gasteiger partial charge in [-0.05, 0) is 36.8 Å². The number of hydrogen-bond acceptors (Lipinski definition) is 4. The molecular formula is C24H34N3O3+. The molecule has 0 unspecified atom stereocenters. The van der Waals surface area contributed by atoms with Gasteiger partial charge in [0.15, 0.2) is 0 Å². The molecule has 0 aliphatic carbocycles. The van der Waals surface area contributed by atoms with Crippen LogP contribution < -0.4 is 19.9 Å². The number of rotatable bonds is 9. The quantitative estimate of drug-likeness (QED) is 0.655. The topological polar surface area (TPSA) is 55.2 Å². The molecule has 162 valence electrons. The van der Waals surface area contributed by atoms with E-state index in [-0.39, 0.29) is 11.9 Å². The fourth-order valence-corrected chi connectivity index (χ4v) is 3.82. The monoisotopic (exact) mass is 412 g/mol. The molecule has 0 aromatic heterocycles. The third kappa shape index (κ3) is 6.21. The van der Waals surface area contributed by atoms with Gasteiger partial charge >= 0.3 is 0 Å². The summed E-state index contributed by atoms with van der Waals surface area (Å²) < 4.78 is 11.0. The second-order valence-corrected chi connectivity index (χ2v) is 7.87. The number of morpholine rings is 1. The number of carbonyl (C=O) groups is 1. The summed E-state index contributed by atoms with van der Waals surface area (Å²) in [6, 6.07) is 16.6. The van der Waals surface area contributed by atoms with Gasteiger partial charge in [-0.3, -0.25) is 4.79 Å². The Bertz CT molecular complexity index is 784. The van der Waals surface area contributed by atoms with Crippen molar-refractivity contribution in [1.29, 1.82) is 0 Å². The molecular weight excluding hydrogens is 378 g/mol. The zero-order valence-corrected chi connectivity index (χ0v) is 18.3. The second kappa shape index (κ2) is 11.0. The minimum Gasteiger partial charge on any atom is -0.494 e. The molecule has 0 saturated carbocycles. The highest BCUT2D eigenvalue weighted by Crippen LogP contribution is 2.17. The van der Waals surface area contributed by atoms with Gasteiger partial charge in [0.2, 0.25) is 5.91 Å². The van der Waals surface area contributed by atoms with Crippen molar-refractivity contribution in [3.05, 3.63) is 59.7 Å². The summed E-state index contributed by atoms with van der Waals surface area (Å²) in [4.78, 5) is 16.2. The highest BCUT2D eigenvalue weighted by molar-refractivity contribution is 5.78. The molecule has 2 aromatic carbocycles. The number of nitrogens with one attached hydrogen (secondary N) is 2. The Morgan fingerprint density at radius 2 is 1.77 bits per heavy atom. The summed E-state index contributed by atoms with van der Waals surface area (Å²) in [5.74, 6) is 0.876. The van der Waals surface area contributed by atoms with E-state index in [2.05, 4.69) is 34.5 Å². The van der Waals surface area contributed by atoms with Gasteiger partial charge in [0, 0.05) is 25.3 Å². The second-order valence-electron chi connectivity index (χ2n) is 7.87. The fourth-order valence-electron chi connectivity index (χ4n) is 3.82. The standard InChI is InChI=1S/C24H33N3O3/c1-4-30-22-11-5-19(6-12-22)17-24(28)25-18-23(27-13-15-29-16-14-27)20-7-9-21(10-8-20)26(2)3/h5-12,23H,4,13-18H2,1-3H3,(H,25,28)/p+1/t23-/m1/s1. The van der Waals surface area contributed by atoms with Crippen molar-refractivity contribution in [1.82, 2.24) is 5.32 Å². The lowest BCUT2D eigenvalue weighted by Crippen LogP contribution is -3.15. The summed E-state index contributed by atoms with van der Waals surface area (Å²) in [6.45, 7) is 6.66. The predicted octanol–water partition coefficient (Wildman–Crippen LogP) is 1.47. The number of hydrogen-bond donors (Lipinski definition) is 2. The predicted molar refractivity (Wildman–Crippen MR) is 119 cm³/mol. The number of amides is 1. The number of nitrogens with zero attached hydrogens (tertiary/aromatic N) is 1. The average Bonchev–Trinajstić information content (AvgIpc) is 2.76. The van der Waals surface area contributed by atoms with E-state index in [0.717, 1.165) is 37.6 Å². The van der Waals surface area contributed by atoms with Gasteiger partial charge in [-0.1, -0.05) is 24.3 Å². The minimum absolute atomic E-state index is 0.0433. The molecule has 0 bridgehead atoms. The molecule has 2 aromatic rings. The van der Waals surface area contributed by atoms with Crippen LogP contribution in [0.4, 0.5) is 5.69 Å². The van der Waals surface area contributed by atoms with Crippen LogP contribution in [-0.4, -0.2) is 59.5 Å². The number of benzene rings is 2. The van der Waals surface area contributed by atoms with Crippen molar-refractivity contribution in [3.8, 4) is 5.75 Å². The van der Waals surface area contributed by atoms with Crippen molar-refractivity contribution in [2.45, 2.75) is 19.4 Å². The highest BCUT2D eigenvalue weighted by atomic mass is 16.5. The lowest BCUT2D eigenvalue weighted by Gasteiger charge is -2.32. The molecule has 2 N–H and O–H groups in total. The van der Waals surface area contributed by atoms with E-state index in [1.54, 1.807) is 0 Å². The van der Waals surface area contributed by atoms with E-state index in [1.165, 1.54) is 16.2 Å². The van der Waals surface area contributed by atoms with Gasteiger partial charge in [-0.25, -0.2) is 0 Å². The van der Waals surface area contributed by atoms with Gasteiger partial charge in [-0.2, -0.15) is 0 Å². The lowest BCUT2D eigenvalue weighted by atomic mass is 10.0. The van der Waals surface area contributed by atoms with Crippen LogP contribution in [-0.2, 0) is 16.0 Å². The van der Waals surface area contributed by atoms with Crippen LogP contribution in [0.15, 0.2) is 48.5 Å². The first-order valence-electron chi connectivity index (χ1n) is 10.7. The third-order valence-corrected chi connectivity index (χ3v) is 5.54. The highest BCUT2D eigenvalue weighted by Gasteiger charge is 2.27. The zero-order valence-electron chi connectivity index (χ0n) is 18.3. The molecule has 1 heterocycles. The van der Waals surface area contributed by atoms with Crippen molar-refractivity contribution in [2.24, 2.45) is 0 Å². The molecule has 3 rings (SSSR count). The van der Waals surface area contributed by atoms with Gasteiger partial charge in [0.1, 0.15) is 24.9 Å². The third-order valence-electron chi connectivity index (χ3n) is 5.54. The van der Waals surface area contributed by atoms with Crippen LogP contribution in [0.1, 0.15) is 24.1 Å². The average molecular weight is 413 g/mol. The van der Waals surface area contributed by atoms with E-state index in [9.17, 15) is 4.79 Å². The van der Waals surface area contributed by atoms with Crippen LogP contribution in [0.3, 0.4) is 0 Å². The molecule has 1 saturated heterocycles. The molecule has 1 aliphatic rings. The van der Waals surface area contributed by atoms with E-state index < -0.39 is 0 Å². The van der Waals surface area contributed by atoms with Crippen molar-refractivity contribution in [3.63, 3.8) is 0 Å². The number of ether oxygens (including phenoxy) is 2. The van der Waals surface area contributed by atoms with E-state index in [0.29, 0.717) is 19.6 Å². The van der Waals surface area contributed by atoms with Crippen LogP contribution in [0.2, 0.25) is 0 Å². The maximum absolute atomic E-state index is 12.6. The first-order chi connectivity index (χ1) is 14.6.